The van der Waals surface area contributed by atoms with Crippen molar-refractivity contribution in [3.8, 4) is 11.5 Å². The van der Waals surface area contributed by atoms with Crippen molar-refractivity contribution < 1.29 is 19.1 Å². The number of ether oxygens (including phenoxy) is 2. The molecule has 0 unspecified atom stereocenters. The summed E-state index contributed by atoms with van der Waals surface area (Å²) < 4.78 is 11.1. The van der Waals surface area contributed by atoms with Crippen LogP contribution in [0.5, 0.6) is 11.5 Å². The van der Waals surface area contributed by atoms with Gasteiger partial charge in [-0.3, -0.25) is 9.59 Å². The molecule has 190 valence electrons. The number of nitrogens with zero attached hydrogens (tertiary/aromatic N) is 1. The average molecular weight is 508 g/mol. The van der Waals surface area contributed by atoms with Crippen LogP contribution < -0.4 is 20.1 Å². The van der Waals surface area contributed by atoms with E-state index >= 15 is 0 Å². The van der Waals surface area contributed by atoms with Crippen LogP contribution in [0.3, 0.4) is 0 Å². The van der Waals surface area contributed by atoms with Crippen molar-refractivity contribution in [3.63, 3.8) is 0 Å². The molecule has 1 heterocycles. The number of aromatic nitrogens is 1. The Labute approximate surface area is 216 Å². The zero-order valence-electron chi connectivity index (χ0n) is 21.0. The number of methoxy groups -OCH3 is 1. The van der Waals surface area contributed by atoms with Crippen LogP contribution in [-0.2, 0) is 17.8 Å². The van der Waals surface area contributed by atoms with Crippen LogP contribution in [0.1, 0.15) is 57.9 Å². The fourth-order valence-corrected chi connectivity index (χ4v) is 5.23. The quantitative estimate of drug-likeness (QED) is 0.436. The summed E-state index contributed by atoms with van der Waals surface area (Å²) in [5.41, 5.74) is 3.58. The Morgan fingerprint density at radius 3 is 2.31 bits per heavy atom. The van der Waals surface area contributed by atoms with Gasteiger partial charge in [0.2, 0.25) is 5.91 Å². The minimum Gasteiger partial charge on any atom is -0.497 e. The summed E-state index contributed by atoms with van der Waals surface area (Å²) in [6.45, 7) is 4.38. The molecule has 0 bridgehead atoms. The maximum absolute atomic E-state index is 12.9. The maximum Gasteiger partial charge on any atom is 0.271 e. The number of aryl methyl sites for hydroxylation is 2. The number of rotatable bonds is 9. The Morgan fingerprint density at radius 1 is 0.972 bits per heavy atom. The lowest BCUT2D eigenvalue weighted by molar-refractivity contribution is -0.121. The van der Waals surface area contributed by atoms with Crippen molar-refractivity contribution in [1.82, 2.24) is 15.6 Å². The van der Waals surface area contributed by atoms with Crippen LogP contribution in [0, 0.1) is 13.8 Å². The molecule has 1 fully saturated rings. The largest absolute Gasteiger partial charge is 0.497 e. The monoisotopic (exact) mass is 507 g/mol. The van der Waals surface area contributed by atoms with Crippen LogP contribution >= 0.6 is 11.3 Å². The molecular weight excluding hydrogens is 474 g/mol. The predicted octanol–water partition coefficient (Wildman–Crippen LogP) is 4.75. The Hall–Kier alpha value is -3.39. The molecule has 1 aliphatic carbocycles. The average Bonchev–Trinajstić information content (AvgIpc) is 3.33. The molecule has 0 aliphatic heterocycles. The smallest absolute Gasteiger partial charge is 0.271 e. The molecule has 36 heavy (non-hydrogen) atoms. The van der Waals surface area contributed by atoms with Gasteiger partial charge < -0.3 is 20.1 Å². The molecule has 0 spiro atoms. The first-order valence-electron chi connectivity index (χ1n) is 12.3. The van der Waals surface area contributed by atoms with Gasteiger partial charge in [-0.15, -0.1) is 11.3 Å². The van der Waals surface area contributed by atoms with Crippen molar-refractivity contribution in [2.75, 3.05) is 7.11 Å². The Balaban J connectivity index is 1.31. The van der Waals surface area contributed by atoms with Gasteiger partial charge in [0.1, 0.15) is 28.8 Å². The number of amides is 2. The van der Waals surface area contributed by atoms with Crippen LogP contribution in [0.25, 0.3) is 0 Å². The third kappa shape index (κ3) is 7.07. The van der Waals surface area contributed by atoms with E-state index in [-0.39, 0.29) is 30.3 Å². The van der Waals surface area contributed by atoms with Gasteiger partial charge in [-0.2, -0.15) is 0 Å². The molecule has 1 saturated carbocycles. The van der Waals surface area contributed by atoms with Crippen molar-refractivity contribution in [1.29, 1.82) is 0 Å². The first-order chi connectivity index (χ1) is 17.4. The van der Waals surface area contributed by atoms with Crippen LogP contribution in [0.4, 0.5) is 0 Å². The molecule has 3 aromatic rings. The number of carbonyl (C=O) groups is 2. The van der Waals surface area contributed by atoms with Gasteiger partial charge in [-0.05, 0) is 67.6 Å². The van der Waals surface area contributed by atoms with E-state index in [1.165, 1.54) is 11.3 Å². The number of nitrogens with one attached hydrogen (secondary N) is 2. The maximum atomic E-state index is 12.9. The lowest BCUT2D eigenvalue weighted by Crippen LogP contribution is -2.53. The molecule has 1 aliphatic rings. The standard InChI is InChI=1S/C28H33N3O4S/c1-18-12-19(2)14-22(13-18)35-16-27-30-25(17-36-27)28(33)31-24-7-5-4-6-23(24)29-26(32)15-20-8-10-21(34-3)11-9-20/h8-14,17,23-24H,4-7,15-16H2,1-3H3,(H,29,32)(H,31,33)/t23-,24-/m0/s1. The third-order valence-corrected chi connectivity index (χ3v) is 7.12. The summed E-state index contributed by atoms with van der Waals surface area (Å²) in [7, 11) is 1.62. The molecule has 2 atom stereocenters. The van der Waals surface area contributed by atoms with E-state index in [4.69, 9.17) is 9.47 Å². The highest BCUT2D eigenvalue weighted by Gasteiger charge is 2.28. The molecule has 0 radical (unpaired) electrons. The highest BCUT2D eigenvalue weighted by Crippen LogP contribution is 2.21. The van der Waals surface area contributed by atoms with E-state index in [2.05, 4.69) is 21.7 Å². The van der Waals surface area contributed by atoms with Crippen LogP contribution in [0.2, 0.25) is 0 Å². The second-order valence-electron chi connectivity index (χ2n) is 9.30. The van der Waals surface area contributed by atoms with Gasteiger partial charge in [0, 0.05) is 17.5 Å². The highest BCUT2D eigenvalue weighted by atomic mass is 32.1. The van der Waals surface area contributed by atoms with Crippen LogP contribution in [0.15, 0.2) is 47.8 Å². The second-order valence-corrected chi connectivity index (χ2v) is 10.2. The van der Waals surface area contributed by atoms with Crippen molar-refractivity contribution >= 4 is 23.2 Å². The number of hydrogen-bond donors (Lipinski definition) is 2. The zero-order chi connectivity index (χ0) is 25.5. The molecule has 4 rings (SSSR count). The molecule has 1 aromatic heterocycles. The summed E-state index contributed by atoms with van der Waals surface area (Å²) in [4.78, 5) is 30.1. The summed E-state index contributed by atoms with van der Waals surface area (Å²) in [5.74, 6) is 1.29. The van der Waals surface area contributed by atoms with E-state index < -0.39 is 0 Å². The molecule has 0 saturated heterocycles. The Bertz CT molecular complexity index is 1170. The molecule has 2 amide bonds. The van der Waals surface area contributed by atoms with E-state index in [9.17, 15) is 9.59 Å². The lowest BCUT2D eigenvalue weighted by Gasteiger charge is -2.32. The van der Waals surface area contributed by atoms with Crippen molar-refractivity contribution in [3.05, 3.63) is 75.2 Å². The predicted molar refractivity (Wildman–Crippen MR) is 141 cm³/mol. The lowest BCUT2D eigenvalue weighted by atomic mass is 9.90. The van der Waals surface area contributed by atoms with Gasteiger partial charge in [-0.1, -0.05) is 31.0 Å². The molecule has 2 aromatic carbocycles. The molecule has 2 N–H and O–H groups in total. The third-order valence-electron chi connectivity index (χ3n) is 6.29. The van der Waals surface area contributed by atoms with E-state index in [1.54, 1.807) is 12.5 Å². The normalized spacial score (nSPS) is 17.3. The van der Waals surface area contributed by atoms with Crippen LogP contribution in [-0.4, -0.2) is 36.0 Å². The number of thiazole rings is 1. The Morgan fingerprint density at radius 2 is 1.64 bits per heavy atom. The minimum absolute atomic E-state index is 0.0502. The number of carbonyl (C=O) groups excluding carboxylic acids is 2. The van der Waals surface area contributed by atoms with Crippen molar-refractivity contribution in [2.24, 2.45) is 0 Å². The second kappa shape index (κ2) is 12.0. The van der Waals surface area contributed by atoms with Gasteiger partial charge in [-0.25, -0.2) is 4.98 Å². The molecule has 8 heteroatoms. The molecular formula is C28H33N3O4S. The van der Waals surface area contributed by atoms with E-state index in [1.807, 2.05) is 50.2 Å². The highest BCUT2D eigenvalue weighted by molar-refractivity contribution is 7.09. The molecule has 7 nitrogen and oxygen atoms in total. The van der Waals surface area contributed by atoms with Gasteiger partial charge in [0.05, 0.1) is 13.5 Å². The summed E-state index contributed by atoms with van der Waals surface area (Å²) in [6, 6.07) is 13.3. The number of benzene rings is 2. The van der Waals surface area contributed by atoms with Gasteiger partial charge >= 0.3 is 0 Å². The van der Waals surface area contributed by atoms with Gasteiger partial charge in [0.25, 0.3) is 5.91 Å². The van der Waals surface area contributed by atoms with E-state index in [0.29, 0.717) is 12.3 Å². The van der Waals surface area contributed by atoms with E-state index in [0.717, 1.165) is 58.9 Å². The first kappa shape index (κ1) is 25.7. The zero-order valence-corrected chi connectivity index (χ0v) is 21.8. The first-order valence-corrected chi connectivity index (χ1v) is 13.2. The fraction of sp³-hybridized carbons (Fsp3) is 0.393. The van der Waals surface area contributed by atoms with Gasteiger partial charge in [0.15, 0.2) is 0 Å². The fourth-order valence-electron chi connectivity index (χ4n) is 4.55. The summed E-state index contributed by atoms with van der Waals surface area (Å²) >= 11 is 1.41. The Kier molecular flexibility index (Phi) is 8.59. The SMILES string of the molecule is COc1ccc(CC(=O)N[C@H]2CCCC[C@@H]2NC(=O)c2csc(COc3cc(C)cc(C)c3)n2)cc1. The summed E-state index contributed by atoms with van der Waals surface area (Å²) in [5, 5.41) is 8.74. The van der Waals surface area contributed by atoms with Crippen molar-refractivity contribution in [2.45, 2.75) is 64.6 Å². The minimum atomic E-state index is -0.217. The number of hydrogen-bond acceptors (Lipinski definition) is 6. The topological polar surface area (TPSA) is 89.6 Å². The summed E-state index contributed by atoms with van der Waals surface area (Å²) in [6.07, 6.45) is 3.99.